The van der Waals surface area contributed by atoms with Crippen LogP contribution < -0.4 is 4.74 Å². The molecule has 106 valence electrons. The number of pyridine rings is 1. The van der Waals surface area contributed by atoms with Gasteiger partial charge >= 0.3 is 0 Å². The molecule has 5 heteroatoms. The Kier molecular flexibility index (Phi) is 2.09. The van der Waals surface area contributed by atoms with Crippen molar-refractivity contribution >= 4 is 38.3 Å². The van der Waals surface area contributed by atoms with Crippen LogP contribution in [0.3, 0.4) is 0 Å². The van der Waals surface area contributed by atoms with Gasteiger partial charge in [-0.25, -0.2) is 0 Å². The van der Waals surface area contributed by atoms with Gasteiger partial charge in [0.1, 0.15) is 17.7 Å². The molecule has 0 aliphatic carbocycles. The molecular formula is C17H11N3O2. The summed E-state index contributed by atoms with van der Waals surface area (Å²) in [6.07, 6.45) is 3.44. The van der Waals surface area contributed by atoms with Crippen LogP contribution in [0.2, 0.25) is 0 Å². The van der Waals surface area contributed by atoms with Crippen LogP contribution in [0.15, 0.2) is 53.4 Å². The maximum absolute atomic E-state index is 5.70. The van der Waals surface area contributed by atoms with Gasteiger partial charge in [-0.2, -0.15) is 0 Å². The quantitative estimate of drug-likeness (QED) is 0.440. The molecule has 2 aromatic carbocycles. The third kappa shape index (κ3) is 1.32. The number of rotatable bonds is 1. The van der Waals surface area contributed by atoms with Gasteiger partial charge in [0, 0.05) is 10.8 Å². The molecule has 3 heterocycles. The molecule has 3 aromatic heterocycles. The minimum atomic E-state index is 0.805. The summed E-state index contributed by atoms with van der Waals surface area (Å²) in [6, 6.07) is 12.1. The number of hydrogen-bond acceptors (Lipinski definition) is 4. The minimum absolute atomic E-state index is 0.805. The summed E-state index contributed by atoms with van der Waals surface area (Å²) in [7, 11) is 1.67. The summed E-state index contributed by atoms with van der Waals surface area (Å²) in [5.74, 6) is 0.839. The molecule has 22 heavy (non-hydrogen) atoms. The van der Waals surface area contributed by atoms with Crippen molar-refractivity contribution in [3.63, 3.8) is 0 Å². The zero-order valence-corrected chi connectivity index (χ0v) is 11.8. The second-order valence-electron chi connectivity index (χ2n) is 5.24. The molecule has 0 atom stereocenters. The Morgan fingerprint density at radius 3 is 2.86 bits per heavy atom. The SMILES string of the molecule is COc1ccc2c(ccc3c4occc4c4nncn4c23)c1. The number of nitrogens with zero attached hydrogens (tertiary/aromatic N) is 3. The van der Waals surface area contributed by atoms with E-state index < -0.39 is 0 Å². The molecule has 0 bridgehead atoms. The zero-order valence-electron chi connectivity index (χ0n) is 11.8. The molecule has 0 spiro atoms. The second-order valence-corrected chi connectivity index (χ2v) is 5.24. The van der Waals surface area contributed by atoms with E-state index in [0.29, 0.717) is 0 Å². The number of hydrogen-bond donors (Lipinski definition) is 0. The zero-order chi connectivity index (χ0) is 14.7. The highest BCUT2D eigenvalue weighted by Crippen LogP contribution is 2.34. The first-order valence-electron chi connectivity index (χ1n) is 6.96. The van der Waals surface area contributed by atoms with Gasteiger partial charge in [-0.1, -0.05) is 6.07 Å². The van der Waals surface area contributed by atoms with Gasteiger partial charge in [-0.05, 0) is 35.7 Å². The average molecular weight is 289 g/mol. The van der Waals surface area contributed by atoms with Gasteiger partial charge in [0.05, 0.1) is 24.3 Å². The van der Waals surface area contributed by atoms with Crippen molar-refractivity contribution in [1.82, 2.24) is 14.6 Å². The molecular weight excluding hydrogens is 278 g/mol. The molecule has 5 rings (SSSR count). The van der Waals surface area contributed by atoms with E-state index in [2.05, 4.69) is 28.4 Å². The van der Waals surface area contributed by atoms with E-state index in [0.717, 1.165) is 44.0 Å². The average Bonchev–Trinajstić information content (AvgIpc) is 3.22. The molecule has 0 fully saturated rings. The van der Waals surface area contributed by atoms with E-state index in [-0.39, 0.29) is 0 Å². The van der Waals surface area contributed by atoms with Crippen molar-refractivity contribution in [3.05, 3.63) is 49.0 Å². The van der Waals surface area contributed by atoms with Crippen LogP contribution in [0.5, 0.6) is 5.75 Å². The first-order valence-corrected chi connectivity index (χ1v) is 6.96. The number of methoxy groups -OCH3 is 1. The Bertz CT molecular complexity index is 1170. The van der Waals surface area contributed by atoms with Crippen LogP contribution in [0, 0.1) is 0 Å². The topological polar surface area (TPSA) is 52.6 Å². The molecule has 5 nitrogen and oxygen atoms in total. The summed E-state index contributed by atoms with van der Waals surface area (Å²) in [5, 5.41) is 12.5. The Morgan fingerprint density at radius 1 is 1.05 bits per heavy atom. The second kappa shape index (κ2) is 3.98. The number of fused-ring (bicyclic) bond motifs is 8. The lowest BCUT2D eigenvalue weighted by atomic mass is 10.0. The number of benzene rings is 2. The van der Waals surface area contributed by atoms with Crippen molar-refractivity contribution in [2.75, 3.05) is 7.11 Å². The fourth-order valence-corrected chi connectivity index (χ4v) is 3.14. The van der Waals surface area contributed by atoms with Crippen molar-refractivity contribution in [3.8, 4) is 5.75 Å². The van der Waals surface area contributed by atoms with Gasteiger partial charge < -0.3 is 9.15 Å². The fraction of sp³-hybridized carbons (Fsp3) is 0.0588. The van der Waals surface area contributed by atoms with Crippen molar-refractivity contribution in [2.45, 2.75) is 0 Å². The highest BCUT2D eigenvalue weighted by Gasteiger charge is 2.14. The maximum atomic E-state index is 5.70. The molecule has 0 aliphatic rings. The monoisotopic (exact) mass is 289 g/mol. The predicted molar refractivity (Wildman–Crippen MR) is 84.3 cm³/mol. The highest BCUT2D eigenvalue weighted by molar-refractivity contribution is 6.17. The molecule has 0 radical (unpaired) electrons. The van der Waals surface area contributed by atoms with Crippen molar-refractivity contribution < 1.29 is 9.15 Å². The van der Waals surface area contributed by atoms with Gasteiger partial charge in [0.25, 0.3) is 0 Å². The fourth-order valence-electron chi connectivity index (χ4n) is 3.14. The summed E-state index contributed by atoms with van der Waals surface area (Å²) in [6.45, 7) is 0. The van der Waals surface area contributed by atoms with E-state index in [9.17, 15) is 0 Å². The van der Waals surface area contributed by atoms with E-state index >= 15 is 0 Å². The predicted octanol–water partition coefficient (Wildman–Crippen LogP) is 3.79. The Balaban J connectivity index is 2.12. The number of aromatic nitrogens is 3. The van der Waals surface area contributed by atoms with Gasteiger partial charge in [0.15, 0.2) is 5.65 Å². The van der Waals surface area contributed by atoms with Crippen LogP contribution in [0.25, 0.3) is 38.3 Å². The summed E-state index contributed by atoms with van der Waals surface area (Å²) >= 11 is 0. The lowest BCUT2D eigenvalue weighted by Gasteiger charge is -2.08. The maximum Gasteiger partial charge on any atom is 0.172 e. The van der Waals surface area contributed by atoms with E-state index in [1.54, 1.807) is 19.7 Å². The van der Waals surface area contributed by atoms with Crippen molar-refractivity contribution in [1.29, 1.82) is 0 Å². The van der Waals surface area contributed by atoms with E-state index in [1.807, 2.05) is 22.6 Å². The summed E-state index contributed by atoms with van der Waals surface area (Å²) in [4.78, 5) is 0. The molecule has 5 aromatic rings. The van der Waals surface area contributed by atoms with Gasteiger partial charge in [0.2, 0.25) is 0 Å². The van der Waals surface area contributed by atoms with E-state index in [4.69, 9.17) is 9.15 Å². The van der Waals surface area contributed by atoms with Crippen LogP contribution in [0.4, 0.5) is 0 Å². The smallest absolute Gasteiger partial charge is 0.172 e. The molecule has 0 saturated carbocycles. The lowest BCUT2D eigenvalue weighted by Crippen LogP contribution is -1.91. The van der Waals surface area contributed by atoms with Crippen molar-refractivity contribution in [2.24, 2.45) is 0 Å². The van der Waals surface area contributed by atoms with Crippen LogP contribution >= 0.6 is 0 Å². The number of furan rings is 1. The highest BCUT2D eigenvalue weighted by atomic mass is 16.5. The van der Waals surface area contributed by atoms with Crippen LogP contribution in [-0.4, -0.2) is 21.7 Å². The first kappa shape index (κ1) is 11.6. The van der Waals surface area contributed by atoms with E-state index in [1.165, 1.54) is 0 Å². The van der Waals surface area contributed by atoms with Gasteiger partial charge in [-0.15, -0.1) is 10.2 Å². The lowest BCUT2D eigenvalue weighted by molar-refractivity contribution is 0.415. The molecule has 0 amide bonds. The molecule has 0 aliphatic heterocycles. The molecule has 0 saturated heterocycles. The largest absolute Gasteiger partial charge is 0.497 e. The Labute approximate surface area is 124 Å². The minimum Gasteiger partial charge on any atom is -0.497 e. The number of ether oxygens (including phenoxy) is 1. The third-order valence-electron chi connectivity index (χ3n) is 4.14. The van der Waals surface area contributed by atoms with Gasteiger partial charge in [-0.3, -0.25) is 4.40 Å². The third-order valence-corrected chi connectivity index (χ3v) is 4.14. The first-order chi connectivity index (χ1) is 10.9. The normalized spacial score (nSPS) is 11.9. The standard InChI is InChI=1S/C17H11N3O2/c1-21-11-3-5-12-10(8-11)2-4-13-15(12)20-9-18-19-17(20)14-6-7-22-16(13)14/h2-9H,1H3. The summed E-state index contributed by atoms with van der Waals surface area (Å²) < 4.78 is 13.0. The van der Waals surface area contributed by atoms with Crippen LogP contribution in [-0.2, 0) is 0 Å². The Morgan fingerprint density at radius 2 is 1.95 bits per heavy atom. The van der Waals surface area contributed by atoms with Crippen LogP contribution in [0.1, 0.15) is 0 Å². The molecule has 0 N–H and O–H groups in total. The summed E-state index contributed by atoms with van der Waals surface area (Å²) in [5.41, 5.74) is 2.69. The Hall–Kier alpha value is -3.08. The molecule has 0 unspecified atom stereocenters.